The van der Waals surface area contributed by atoms with Crippen molar-refractivity contribution in [2.24, 2.45) is 5.10 Å². The lowest BCUT2D eigenvalue weighted by atomic mass is 10.1. The molecule has 0 fully saturated rings. The van der Waals surface area contributed by atoms with E-state index in [4.69, 9.17) is 14.6 Å². The molecule has 0 radical (unpaired) electrons. The standard InChI is InChI=1S/C24H22N2O5/c1-16-6-10-18(11-7-16)23(27)26-25-14-20-4-3-5-21(30-2)22(20)31-15-17-8-12-19(13-9-17)24(28)29/h3-14H,15H2,1-2H3,(H,26,27)(H,28,29)/b25-14-. The maximum absolute atomic E-state index is 12.2. The van der Waals surface area contributed by atoms with Crippen LogP contribution in [-0.4, -0.2) is 30.3 Å². The Hall–Kier alpha value is -4.13. The molecule has 0 saturated carbocycles. The van der Waals surface area contributed by atoms with Crippen LogP contribution in [0.25, 0.3) is 0 Å². The van der Waals surface area contributed by atoms with Gasteiger partial charge in [0.2, 0.25) is 0 Å². The van der Waals surface area contributed by atoms with Gasteiger partial charge in [-0.25, -0.2) is 10.2 Å². The van der Waals surface area contributed by atoms with Crippen LogP contribution in [-0.2, 0) is 6.61 Å². The molecule has 0 aliphatic carbocycles. The van der Waals surface area contributed by atoms with Crippen LogP contribution in [0.15, 0.2) is 71.8 Å². The molecule has 0 spiro atoms. The Morgan fingerprint density at radius 2 is 1.68 bits per heavy atom. The number of hydrogen-bond donors (Lipinski definition) is 2. The largest absolute Gasteiger partial charge is 0.493 e. The number of para-hydroxylation sites is 1. The minimum Gasteiger partial charge on any atom is -0.493 e. The SMILES string of the molecule is COc1cccc(/C=N\NC(=O)c2ccc(C)cc2)c1OCc1ccc(C(=O)O)cc1. The van der Waals surface area contributed by atoms with Gasteiger partial charge in [-0.05, 0) is 48.9 Å². The number of hydrogen-bond acceptors (Lipinski definition) is 5. The number of amides is 1. The Kier molecular flexibility index (Phi) is 7.01. The number of aromatic carboxylic acids is 1. The summed E-state index contributed by atoms with van der Waals surface area (Å²) in [6.45, 7) is 2.15. The molecule has 1 amide bonds. The molecule has 0 heterocycles. The van der Waals surface area contributed by atoms with Gasteiger partial charge in [0.05, 0.1) is 18.9 Å². The lowest BCUT2D eigenvalue weighted by Crippen LogP contribution is -2.17. The number of carboxylic acids is 1. The molecule has 0 aliphatic rings. The van der Waals surface area contributed by atoms with Crippen molar-refractivity contribution in [3.05, 3.63) is 94.5 Å². The van der Waals surface area contributed by atoms with Crippen LogP contribution in [0.3, 0.4) is 0 Å². The average molecular weight is 418 g/mol. The maximum atomic E-state index is 12.2. The molecule has 7 heteroatoms. The van der Waals surface area contributed by atoms with Crippen LogP contribution < -0.4 is 14.9 Å². The summed E-state index contributed by atoms with van der Waals surface area (Å²) >= 11 is 0. The first-order chi connectivity index (χ1) is 15.0. The van der Waals surface area contributed by atoms with Gasteiger partial charge in [-0.1, -0.05) is 35.9 Å². The summed E-state index contributed by atoms with van der Waals surface area (Å²) in [5, 5.41) is 13.0. The van der Waals surface area contributed by atoms with Gasteiger partial charge in [-0.15, -0.1) is 0 Å². The third kappa shape index (κ3) is 5.70. The summed E-state index contributed by atoms with van der Waals surface area (Å²) in [7, 11) is 1.53. The number of ether oxygens (including phenoxy) is 2. The second-order valence-corrected chi connectivity index (χ2v) is 6.73. The predicted molar refractivity (Wildman–Crippen MR) is 117 cm³/mol. The van der Waals surface area contributed by atoms with Crippen LogP contribution in [0.4, 0.5) is 0 Å². The van der Waals surface area contributed by atoms with Crippen molar-refractivity contribution in [2.45, 2.75) is 13.5 Å². The van der Waals surface area contributed by atoms with E-state index in [0.717, 1.165) is 11.1 Å². The fourth-order valence-corrected chi connectivity index (χ4v) is 2.78. The molecule has 0 bridgehead atoms. The monoisotopic (exact) mass is 418 g/mol. The Morgan fingerprint density at radius 1 is 1.00 bits per heavy atom. The number of hydrazone groups is 1. The van der Waals surface area contributed by atoms with Crippen molar-refractivity contribution in [3.63, 3.8) is 0 Å². The van der Waals surface area contributed by atoms with Crippen LogP contribution in [0.2, 0.25) is 0 Å². The van der Waals surface area contributed by atoms with E-state index in [2.05, 4.69) is 10.5 Å². The van der Waals surface area contributed by atoms with Crippen molar-refractivity contribution in [3.8, 4) is 11.5 Å². The van der Waals surface area contributed by atoms with E-state index in [9.17, 15) is 9.59 Å². The molecule has 3 rings (SSSR count). The lowest BCUT2D eigenvalue weighted by Gasteiger charge is -2.13. The van der Waals surface area contributed by atoms with Gasteiger partial charge in [0.15, 0.2) is 11.5 Å². The second-order valence-electron chi connectivity index (χ2n) is 6.73. The van der Waals surface area contributed by atoms with E-state index in [1.807, 2.05) is 19.1 Å². The highest BCUT2D eigenvalue weighted by molar-refractivity contribution is 5.95. The van der Waals surface area contributed by atoms with Crippen molar-refractivity contribution >= 4 is 18.1 Å². The Balaban J connectivity index is 1.72. The molecule has 31 heavy (non-hydrogen) atoms. The zero-order valence-corrected chi connectivity index (χ0v) is 17.2. The first-order valence-corrected chi connectivity index (χ1v) is 9.50. The molecule has 0 aliphatic heterocycles. The van der Waals surface area contributed by atoms with Crippen LogP contribution >= 0.6 is 0 Å². The molecule has 0 unspecified atom stereocenters. The number of carbonyl (C=O) groups is 2. The average Bonchev–Trinajstić information content (AvgIpc) is 2.78. The number of methoxy groups -OCH3 is 1. The molecule has 3 aromatic rings. The van der Waals surface area contributed by atoms with Crippen LogP contribution in [0, 0.1) is 6.92 Å². The summed E-state index contributed by atoms with van der Waals surface area (Å²) in [5.74, 6) is -0.333. The molecule has 158 valence electrons. The van der Waals surface area contributed by atoms with Gasteiger partial charge in [0.1, 0.15) is 6.61 Å². The first-order valence-electron chi connectivity index (χ1n) is 9.50. The highest BCUT2D eigenvalue weighted by Gasteiger charge is 2.11. The summed E-state index contributed by atoms with van der Waals surface area (Å²) in [6.07, 6.45) is 1.48. The minimum absolute atomic E-state index is 0.205. The molecular weight excluding hydrogens is 396 g/mol. The smallest absolute Gasteiger partial charge is 0.335 e. The fraction of sp³-hybridized carbons (Fsp3) is 0.125. The molecular formula is C24H22N2O5. The first kappa shape index (κ1) is 21.6. The summed E-state index contributed by atoms with van der Waals surface area (Å²) in [6, 6.07) is 18.9. The number of rotatable bonds is 8. The predicted octanol–water partition coefficient (Wildman–Crippen LogP) is 4.04. The Labute approximate surface area is 179 Å². The zero-order chi connectivity index (χ0) is 22.2. The van der Waals surface area contributed by atoms with Crippen LogP contribution in [0.1, 0.15) is 37.4 Å². The van der Waals surface area contributed by atoms with Gasteiger partial charge < -0.3 is 14.6 Å². The normalized spacial score (nSPS) is 10.6. The summed E-state index contributed by atoms with van der Waals surface area (Å²) in [5.41, 5.74) is 5.70. The number of nitrogens with one attached hydrogen (secondary N) is 1. The fourth-order valence-electron chi connectivity index (χ4n) is 2.78. The molecule has 0 aromatic heterocycles. The molecule has 3 aromatic carbocycles. The van der Waals surface area contributed by atoms with E-state index in [-0.39, 0.29) is 18.1 Å². The lowest BCUT2D eigenvalue weighted by molar-refractivity contribution is 0.0696. The van der Waals surface area contributed by atoms with Crippen molar-refractivity contribution in [2.75, 3.05) is 7.11 Å². The zero-order valence-electron chi connectivity index (χ0n) is 17.2. The van der Waals surface area contributed by atoms with Crippen molar-refractivity contribution < 1.29 is 24.2 Å². The van der Waals surface area contributed by atoms with Gasteiger partial charge in [-0.3, -0.25) is 4.79 Å². The maximum Gasteiger partial charge on any atom is 0.335 e. The number of carboxylic acid groups (broad SMARTS) is 1. The van der Waals surface area contributed by atoms with Gasteiger partial charge >= 0.3 is 5.97 Å². The van der Waals surface area contributed by atoms with Gasteiger partial charge in [0.25, 0.3) is 5.91 Å². The minimum atomic E-state index is -0.983. The third-order valence-electron chi connectivity index (χ3n) is 4.50. The third-order valence-corrected chi connectivity index (χ3v) is 4.50. The number of carbonyl (C=O) groups excluding carboxylic acids is 1. The molecule has 0 atom stereocenters. The van der Waals surface area contributed by atoms with E-state index in [0.29, 0.717) is 22.6 Å². The molecule has 7 nitrogen and oxygen atoms in total. The van der Waals surface area contributed by atoms with Crippen LogP contribution in [0.5, 0.6) is 11.5 Å². The number of nitrogens with zero attached hydrogens (tertiary/aromatic N) is 1. The highest BCUT2D eigenvalue weighted by atomic mass is 16.5. The molecule has 2 N–H and O–H groups in total. The Bertz CT molecular complexity index is 1090. The van der Waals surface area contributed by atoms with Crippen molar-refractivity contribution in [1.29, 1.82) is 0 Å². The van der Waals surface area contributed by atoms with Gasteiger partial charge in [-0.2, -0.15) is 5.10 Å². The van der Waals surface area contributed by atoms with Crippen molar-refractivity contribution in [1.82, 2.24) is 5.43 Å². The highest BCUT2D eigenvalue weighted by Crippen LogP contribution is 2.30. The summed E-state index contributed by atoms with van der Waals surface area (Å²) in [4.78, 5) is 23.2. The van der Waals surface area contributed by atoms with Gasteiger partial charge in [0, 0.05) is 11.1 Å². The number of aryl methyl sites for hydroxylation is 1. The molecule has 0 saturated heterocycles. The topological polar surface area (TPSA) is 97.2 Å². The van der Waals surface area contributed by atoms with E-state index in [1.54, 1.807) is 42.5 Å². The van der Waals surface area contributed by atoms with E-state index in [1.165, 1.54) is 25.5 Å². The quantitative estimate of drug-likeness (QED) is 0.425. The number of benzene rings is 3. The second kappa shape index (κ2) is 10.1. The van der Waals surface area contributed by atoms with E-state index < -0.39 is 5.97 Å². The Morgan fingerprint density at radius 3 is 2.32 bits per heavy atom. The van der Waals surface area contributed by atoms with E-state index >= 15 is 0 Å². The summed E-state index contributed by atoms with van der Waals surface area (Å²) < 4.78 is 11.3.